The van der Waals surface area contributed by atoms with Crippen LogP contribution in [0.3, 0.4) is 0 Å². The van der Waals surface area contributed by atoms with Crippen LogP contribution in [0.25, 0.3) is 10.9 Å². The summed E-state index contributed by atoms with van der Waals surface area (Å²) >= 11 is 0. The number of hydrogen-bond acceptors (Lipinski definition) is 8. The summed E-state index contributed by atoms with van der Waals surface area (Å²) in [6, 6.07) is 5.73. The van der Waals surface area contributed by atoms with Crippen molar-refractivity contribution in [2.24, 2.45) is 11.5 Å². The largest absolute Gasteiger partial charge is 0.364 e. The van der Waals surface area contributed by atoms with E-state index >= 15 is 0 Å². The third kappa shape index (κ3) is 3.51. The maximum absolute atomic E-state index is 11.8. The van der Waals surface area contributed by atoms with Gasteiger partial charge in [0.2, 0.25) is 5.95 Å². The van der Waals surface area contributed by atoms with Gasteiger partial charge in [-0.3, -0.25) is 9.89 Å². The van der Waals surface area contributed by atoms with Crippen LogP contribution in [-0.2, 0) is 0 Å². The number of aromatic nitrogens is 5. The van der Waals surface area contributed by atoms with Gasteiger partial charge in [-0.1, -0.05) is 18.9 Å². The van der Waals surface area contributed by atoms with E-state index in [0.717, 1.165) is 42.3 Å². The zero-order valence-electron chi connectivity index (χ0n) is 14.6. The highest BCUT2D eigenvalue weighted by Gasteiger charge is 2.23. The molecule has 7 N–H and O–H groups in total. The minimum atomic E-state index is -0.710. The van der Waals surface area contributed by atoms with E-state index in [0.29, 0.717) is 5.95 Å². The number of hydrogen-bond donors (Lipinski definition) is 5. The number of H-pyrrole nitrogens is 1. The molecule has 0 spiro atoms. The minimum Gasteiger partial charge on any atom is -0.364 e. The molecule has 0 bridgehead atoms. The highest BCUT2D eigenvalue weighted by molar-refractivity contribution is 5.98. The van der Waals surface area contributed by atoms with Gasteiger partial charge in [-0.05, 0) is 25.0 Å². The lowest BCUT2D eigenvalue weighted by Crippen LogP contribution is -2.43. The van der Waals surface area contributed by atoms with E-state index in [2.05, 4.69) is 36.0 Å². The Labute approximate surface area is 155 Å². The normalized spacial score (nSPS) is 19.7. The van der Waals surface area contributed by atoms with Gasteiger partial charge in [0.15, 0.2) is 11.5 Å². The van der Waals surface area contributed by atoms with Gasteiger partial charge in [0, 0.05) is 17.5 Å². The lowest BCUT2D eigenvalue weighted by atomic mass is 9.91. The first kappa shape index (κ1) is 17.2. The Morgan fingerprint density at radius 2 is 2.07 bits per heavy atom. The maximum atomic E-state index is 11.8. The first-order valence-electron chi connectivity index (χ1n) is 8.87. The second kappa shape index (κ2) is 7.16. The number of anilines is 3. The molecule has 0 saturated heterocycles. The number of nitrogens with one attached hydrogen (secondary N) is 3. The van der Waals surface area contributed by atoms with Gasteiger partial charge in [-0.15, -0.1) is 10.2 Å². The van der Waals surface area contributed by atoms with E-state index in [4.69, 9.17) is 11.5 Å². The van der Waals surface area contributed by atoms with Crippen LogP contribution in [0, 0.1) is 0 Å². The Bertz CT molecular complexity index is 970. The number of nitrogens with two attached hydrogens (primary N) is 2. The smallest absolute Gasteiger partial charge is 0.273 e. The summed E-state index contributed by atoms with van der Waals surface area (Å²) in [5.74, 6) is -0.167. The molecule has 1 saturated carbocycles. The van der Waals surface area contributed by atoms with E-state index in [-0.39, 0.29) is 23.6 Å². The van der Waals surface area contributed by atoms with Gasteiger partial charge in [-0.2, -0.15) is 10.1 Å². The van der Waals surface area contributed by atoms with Crippen LogP contribution in [0.5, 0.6) is 0 Å². The molecule has 4 rings (SSSR count). The summed E-state index contributed by atoms with van der Waals surface area (Å²) in [4.78, 5) is 16.2. The number of primary amides is 1. The van der Waals surface area contributed by atoms with E-state index in [1.54, 1.807) is 6.20 Å². The molecule has 140 valence electrons. The van der Waals surface area contributed by atoms with E-state index < -0.39 is 5.91 Å². The van der Waals surface area contributed by atoms with Crippen LogP contribution in [-0.4, -0.2) is 43.4 Å². The molecule has 0 radical (unpaired) electrons. The molecule has 27 heavy (non-hydrogen) atoms. The lowest BCUT2D eigenvalue weighted by Gasteiger charge is -2.29. The molecule has 1 aromatic carbocycles. The average molecular weight is 367 g/mol. The quantitative estimate of drug-likeness (QED) is 0.450. The zero-order chi connectivity index (χ0) is 18.8. The monoisotopic (exact) mass is 367 g/mol. The van der Waals surface area contributed by atoms with Crippen LogP contribution in [0.15, 0.2) is 24.4 Å². The fourth-order valence-corrected chi connectivity index (χ4v) is 3.35. The molecule has 1 amide bonds. The first-order chi connectivity index (χ1) is 13.1. The molecular formula is C17H21N9O. The van der Waals surface area contributed by atoms with Crippen LogP contribution in [0.2, 0.25) is 0 Å². The number of carbonyl (C=O) groups is 1. The van der Waals surface area contributed by atoms with Crippen molar-refractivity contribution >= 4 is 34.3 Å². The van der Waals surface area contributed by atoms with Crippen LogP contribution >= 0.6 is 0 Å². The van der Waals surface area contributed by atoms with Crippen LogP contribution in [0.1, 0.15) is 36.2 Å². The Balaban J connectivity index is 1.65. The number of carbonyl (C=O) groups excluding carboxylic acids is 1. The molecule has 1 fully saturated rings. The summed E-state index contributed by atoms with van der Waals surface area (Å²) in [7, 11) is 0. The third-order valence-corrected chi connectivity index (χ3v) is 4.79. The summed E-state index contributed by atoms with van der Waals surface area (Å²) in [5, 5.41) is 22.1. The summed E-state index contributed by atoms with van der Waals surface area (Å²) in [5.41, 5.74) is 13.2. The second-order valence-corrected chi connectivity index (χ2v) is 6.66. The maximum Gasteiger partial charge on any atom is 0.273 e. The van der Waals surface area contributed by atoms with Gasteiger partial charge in [0.05, 0.1) is 17.4 Å². The van der Waals surface area contributed by atoms with Gasteiger partial charge >= 0.3 is 0 Å². The van der Waals surface area contributed by atoms with E-state index in [1.165, 1.54) is 0 Å². The van der Waals surface area contributed by atoms with Gasteiger partial charge in [0.25, 0.3) is 5.91 Å². The van der Waals surface area contributed by atoms with Crippen molar-refractivity contribution < 1.29 is 4.79 Å². The highest BCUT2D eigenvalue weighted by Crippen LogP contribution is 2.26. The number of benzene rings is 1. The zero-order valence-corrected chi connectivity index (χ0v) is 14.6. The topological polar surface area (TPSA) is 161 Å². The van der Waals surface area contributed by atoms with Gasteiger partial charge < -0.3 is 22.1 Å². The summed E-state index contributed by atoms with van der Waals surface area (Å²) in [6.45, 7) is 0. The van der Waals surface area contributed by atoms with Crippen molar-refractivity contribution in [1.29, 1.82) is 0 Å². The molecular weight excluding hydrogens is 346 g/mol. The van der Waals surface area contributed by atoms with Crippen molar-refractivity contribution in [3.63, 3.8) is 0 Å². The molecule has 2 heterocycles. The molecule has 10 heteroatoms. The SMILES string of the molecule is NC(=O)c1nnc(N[C@@H]2CCCC[C@@H]2N)nc1Nc1cccc2[nH]ncc12. The fraction of sp³-hybridized carbons (Fsp3) is 0.353. The van der Waals surface area contributed by atoms with Crippen molar-refractivity contribution in [2.75, 3.05) is 10.6 Å². The number of fused-ring (bicyclic) bond motifs is 1. The van der Waals surface area contributed by atoms with E-state index in [9.17, 15) is 4.79 Å². The predicted molar refractivity (Wildman–Crippen MR) is 102 cm³/mol. The van der Waals surface area contributed by atoms with Crippen LogP contribution < -0.4 is 22.1 Å². The lowest BCUT2D eigenvalue weighted by molar-refractivity contribution is 0.0995. The van der Waals surface area contributed by atoms with Crippen molar-refractivity contribution in [1.82, 2.24) is 25.4 Å². The van der Waals surface area contributed by atoms with Gasteiger partial charge in [-0.25, -0.2) is 0 Å². The Morgan fingerprint density at radius 3 is 2.89 bits per heavy atom. The summed E-state index contributed by atoms with van der Waals surface area (Å²) in [6.07, 6.45) is 5.82. The molecule has 1 aliphatic rings. The van der Waals surface area contributed by atoms with Gasteiger partial charge in [0.1, 0.15) is 0 Å². The number of amides is 1. The highest BCUT2D eigenvalue weighted by atomic mass is 16.1. The molecule has 2 atom stereocenters. The fourth-order valence-electron chi connectivity index (χ4n) is 3.35. The van der Waals surface area contributed by atoms with E-state index in [1.807, 2.05) is 18.2 Å². The number of aromatic amines is 1. The van der Waals surface area contributed by atoms with Crippen molar-refractivity contribution in [2.45, 2.75) is 37.8 Å². The summed E-state index contributed by atoms with van der Waals surface area (Å²) < 4.78 is 0. The molecule has 1 aliphatic carbocycles. The van der Waals surface area contributed by atoms with Crippen LogP contribution in [0.4, 0.5) is 17.5 Å². The molecule has 3 aromatic rings. The Kier molecular flexibility index (Phi) is 4.55. The Hall–Kier alpha value is -3.27. The Morgan fingerprint density at radius 1 is 1.22 bits per heavy atom. The van der Waals surface area contributed by atoms with Crippen molar-refractivity contribution in [3.05, 3.63) is 30.1 Å². The standard InChI is InChI=1S/C17H21N9O/c18-10-4-1-2-5-13(10)22-17-23-16(14(15(19)27)25-26-17)21-11-6-3-7-12-9(11)8-20-24-12/h3,6-8,10,13H,1-2,4-5,18H2,(H2,19,27)(H,20,24)(H2,21,22,23,26)/t10-,13+/m0/s1. The minimum absolute atomic E-state index is 0.0333. The third-order valence-electron chi connectivity index (χ3n) is 4.79. The molecule has 0 unspecified atom stereocenters. The predicted octanol–water partition coefficient (Wildman–Crippen LogP) is 1.27. The average Bonchev–Trinajstić information content (AvgIpc) is 3.13. The number of nitrogens with zero attached hydrogens (tertiary/aromatic N) is 4. The van der Waals surface area contributed by atoms with Crippen molar-refractivity contribution in [3.8, 4) is 0 Å². The second-order valence-electron chi connectivity index (χ2n) is 6.66. The molecule has 0 aliphatic heterocycles. The first-order valence-corrected chi connectivity index (χ1v) is 8.87. The molecule has 10 nitrogen and oxygen atoms in total. The molecule has 2 aromatic heterocycles. The number of rotatable bonds is 5.